The molecule has 0 spiro atoms. The highest BCUT2D eigenvalue weighted by Gasteiger charge is 2.11. The SMILES string of the molecule is C.C.C.C.C.CN(C)c1ccc(N=Nc2n(C)cc[n+]2C)cc1.CN(N=Cc1cc[n+](C)cc1)c1ccccc1.Cn1cc[n+](C)c1N=Nc1ccc(N)cc1. The molecule has 2 N–H and O–H groups in total. The Kier molecular flexibility index (Phi) is 23.5. The van der Waals surface area contributed by atoms with E-state index in [0.29, 0.717) is 0 Å². The van der Waals surface area contributed by atoms with Crippen molar-refractivity contribution in [3.8, 4) is 0 Å². The van der Waals surface area contributed by atoms with E-state index < -0.39 is 0 Å². The lowest BCUT2D eigenvalue weighted by Gasteiger charge is -2.11. The molecule has 13 nitrogen and oxygen atoms in total. The van der Waals surface area contributed by atoms with E-state index in [2.05, 4.69) is 30.5 Å². The molecule has 0 aliphatic carbocycles. The molecule has 0 amide bonds. The Hall–Kier alpha value is -6.50. The quantitative estimate of drug-likeness (QED) is 0.0547. The molecule has 13 heteroatoms. The summed E-state index contributed by atoms with van der Waals surface area (Å²) in [7, 11) is 15.7. The number of pyridine rings is 1. The Balaban J connectivity index is 0. The van der Waals surface area contributed by atoms with E-state index in [1.54, 1.807) is 12.1 Å². The highest BCUT2D eigenvalue weighted by molar-refractivity contribution is 5.79. The van der Waals surface area contributed by atoms with E-state index >= 15 is 0 Å². The molecule has 0 bridgehead atoms. The van der Waals surface area contributed by atoms with Gasteiger partial charge in [-0.2, -0.15) is 5.10 Å². The van der Waals surface area contributed by atoms with Crippen molar-refractivity contribution >= 4 is 46.5 Å². The molecule has 0 saturated heterocycles. The number of azo groups is 2. The number of aryl methyl sites for hydroxylation is 5. The number of nitrogen functional groups attached to an aromatic ring is 1. The van der Waals surface area contributed by atoms with Crippen LogP contribution in [0.4, 0.5) is 40.3 Å². The standard InChI is InChI=1S/C14H16N3.C13H18N5.C11H13N5.5CH4/c1-16-10-8-13(9-11-16)12-15-17(2)14-6-4-3-5-7-14;1-16(2)12-7-5-11(6-8-12)14-15-13-17(3)9-10-18(13)4;1-15-7-8-16(2)11(15)14-13-10-5-3-9(12)4-6-10;;;;;/h3-12H,1-2H3;5-10H,1-4H3;3-8,12H,1-2H3;5*1H4/q2*+1;;;;;;/p+1. The number of benzene rings is 3. The van der Waals surface area contributed by atoms with Gasteiger partial charge < -0.3 is 10.6 Å². The number of hydrogen-bond acceptors (Lipinski definition) is 8. The second-order valence-corrected chi connectivity index (χ2v) is 11.9. The van der Waals surface area contributed by atoms with E-state index in [4.69, 9.17) is 5.73 Å². The van der Waals surface area contributed by atoms with E-state index in [1.807, 2.05) is 206 Å². The fraction of sp³-hybridized carbons (Fsp3) is 0.302. The van der Waals surface area contributed by atoms with E-state index in [1.165, 1.54) is 0 Å². The average molecular weight is 767 g/mol. The zero-order chi connectivity index (χ0) is 36.8. The number of rotatable bonds is 8. The Morgan fingerprint density at radius 2 is 1.00 bits per heavy atom. The maximum absolute atomic E-state index is 5.59. The predicted octanol–water partition coefficient (Wildman–Crippen LogP) is 9.34. The van der Waals surface area contributed by atoms with Crippen LogP contribution in [-0.4, -0.2) is 36.5 Å². The zero-order valence-corrected chi connectivity index (χ0v) is 30.6. The smallest absolute Gasteiger partial charge is 0.399 e. The summed E-state index contributed by atoms with van der Waals surface area (Å²) in [6.45, 7) is 0. The van der Waals surface area contributed by atoms with E-state index in [0.717, 1.165) is 45.9 Å². The maximum atomic E-state index is 5.59. The number of aromatic nitrogens is 5. The lowest BCUT2D eigenvalue weighted by Crippen LogP contribution is -2.25. The van der Waals surface area contributed by atoms with Crippen LogP contribution >= 0.6 is 0 Å². The first kappa shape index (κ1) is 51.6. The van der Waals surface area contributed by atoms with E-state index in [9.17, 15) is 0 Å². The molecule has 56 heavy (non-hydrogen) atoms. The normalized spacial score (nSPS) is 10.0. The van der Waals surface area contributed by atoms with Gasteiger partial charge in [0.15, 0.2) is 12.4 Å². The first-order chi connectivity index (χ1) is 24.5. The second kappa shape index (κ2) is 25.5. The Morgan fingerprint density at radius 3 is 1.41 bits per heavy atom. The zero-order valence-electron chi connectivity index (χ0n) is 30.6. The van der Waals surface area contributed by atoms with Gasteiger partial charge in [0.05, 0.1) is 64.9 Å². The van der Waals surface area contributed by atoms with Gasteiger partial charge in [-0.15, -0.1) is 0 Å². The van der Waals surface area contributed by atoms with Gasteiger partial charge in [-0.1, -0.05) is 65.6 Å². The Bertz CT molecular complexity index is 1990. The number of nitrogens with zero attached hydrogens (tertiary/aromatic N) is 12. The van der Waals surface area contributed by atoms with Crippen LogP contribution in [0.5, 0.6) is 0 Å². The molecule has 3 heterocycles. The van der Waals surface area contributed by atoms with Crippen molar-refractivity contribution in [1.82, 2.24) is 9.13 Å². The fourth-order valence-corrected chi connectivity index (χ4v) is 4.47. The summed E-state index contributed by atoms with van der Waals surface area (Å²) in [6, 6.07) is 29.4. The van der Waals surface area contributed by atoms with Crippen LogP contribution in [0.25, 0.3) is 0 Å². The van der Waals surface area contributed by atoms with Crippen LogP contribution < -0.4 is 29.3 Å². The second-order valence-electron chi connectivity index (χ2n) is 11.9. The fourth-order valence-electron chi connectivity index (χ4n) is 4.47. The molecule has 0 atom stereocenters. The van der Waals surface area contributed by atoms with E-state index in [-0.39, 0.29) is 37.1 Å². The van der Waals surface area contributed by atoms with Crippen molar-refractivity contribution in [2.75, 3.05) is 36.8 Å². The summed E-state index contributed by atoms with van der Waals surface area (Å²) in [4.78, 5) is 2.05. The minimum Gasteiger partial charge on any atom is -0.399 e. The van der Waals surface area contributed by atoms with Crippen molar-refractivity contribution < 1.29 is 13.7 Å². The summed E-state index contributed by atoms with van der Waals surface area (Å²) in [6.07, 6.45) is 13.6. The van der Waals surface area contributed by atoms with Gasteiger partial charge in [-0.3, -0.25) is 5.01 Å². The third kappa shape index (κ3) is 15.8. The van der Waals surface area contributed by atoms with Crippen molar-refractivity contribution in [2.24, 2.45) is 60.8 Å². The van der Waals surface area contributed by atoms with Crippen molar-refractivity contribution in [2.45, 2.75) is 37.1 Å². The van der Waals surface area contributed by atoms with Crippen LogP contribution in [0.1, 0.15) is 42.7 Å². The van der Waals surface area contributed by atoms with Gasteiger partial charge in [-0.25, -0.2) is 22.8 Å². The molecule has 3 aromatic heterocycles. The molecule has 6 aromatic rings. The molecule has 302 valence electrons. The monoisotopic (exact) mass is 767 g/mol. The summed E-state index contributed by atoms with van der Waals surface area (Å²) >= 11 is 0. The molecule has 0 aliphatic heterocycles. The van der Waals surface area contributed by atoms with Gasteiger partial charge in [0, 0.05) is 60.4 Å². The number of nitrogens with two attached hydrogens (primary N) is 1. The minimum absolute atomic E-state index is 0. The molecule has 3 aromatic carbocycles. The number of imidazole rings is 2. The minimum atomic E-state index is 0. The highest BCUT2D eigenvalue weighted by atomic mass is 15.4. The molecule has 0 fully saturated rings. The van der Waals surface area contributed by atoms with Crippen molar-refractivity contribution in [3.05, 3.63) is 134 Å². The summed E-state index contributed by atoms with van der Waals surface area (Å²) < 4.78 is 9.66. The summed E-state index contributed by atoms with van der Waals surface area (Å²) in [5.74, 6) is 1.60. The van der Waals surface area contributed by atoms with Crippen LogP contribution in [0.2, 0.25) is 0 Å². The third-order valence-electron chi connectivity index (χ3n) is 7.57. The van der Waals surface area contributed by atoms with Gasteiger partial charge in [0.2, 0.25) is 0 Å². The summed E-state index contributed by atoms with van der Waals surface area (Å²) in [5, 5.41) is 23.0. The topological polar surface area (TPSA) is 116 Å². The van der Waals surface area contributed by atoms with Gasteiger partial charge in [0.1, 0.15) is 18.4 Å². The molecule has 6 rings (SSSR count). The molecular formula is C43H68N13+3. The number of para-hydroxylation sites is 1. The first-order valence-corrected chi connectivity index (χ1v) is 16.3. The van der Waals surface area contributed by atoms with Gasteiger partial charge >= 0.3 is 11.9 Å². The maximum Gasteiger partial charge on any atom is 0.421 e. The molecular weight excluding hydrogens is 699 g/mol. The highest BCUT2D eigenvalue weighted by Crippen LogP contribution is 2.20. The lowest BCUT2D eigenvalue weighted by molar-refractivity contribution is -0.671. The third-order valence-corrected chi connectivity index (χ3v) is 7.57. The van der Waals surface area contributed by atoms with Crippen LogP contribution in [0.15, 0.2) is 154 Å². The Labute approximate surface area is 337 Å². The van der Waals surface area contributed by atoms with Crippen molar-refractivity contribution in [1.29, 1.82) is 0 Å². The lowest BCUT2D eigenvalue weighted by atomic mass is 10.3. The largest absolute Gasteiger partial charge is 0.421 e. The number of anilines is 3. The van der Waals surface area contributed by atoms with Crippen LogP contribution in [-0.2, 0) is 35.2 Å². The number of hydrazone groups is 1. The van der Waals surface area contributed by atoms with Crippen molar-refractivity contribution in [3.63, 3.8) is 0 Å². The molecule has 0 aliphatic rings. The van der Waals surface area contributed by atoms with Gasteiger partial charge in [-0.05, 0) is 60.7 Å². The van der Waals surface area contributed by atoms with Crippen LogP contribution in [0.3, 0.4) is 0 Å². The Morgan fingerprint density at radius 1 is 0.554 bits per heavy atom. The molecule has 0 saturated carbocycles. The summed E-state index contributed by atoms with van der Waals surface area (Å²) in [5.41, 5.74) is 11.3. The predicted molar refractivity (Wildman–Crippen MR) is 237 cm³/mol. The first-order valence-electron chi connectivity index (χ1n) is 16.3. The van der Waals surface area contributed by atoms with Gasteiger partial charge in [0.25, 0.3) is 0 Å². The molecule has 0 unspecified atom stereocenters. The average Bonchev–Trinajstić information content (AvgIpc) is 3.64. The number of hydrogen-bond donors (Lipinski definition) is 1. The van der Waals surface area contributed by atoms with Crippen LogP contribution in [0, 0.1) is 0 Å². The molecule has 0 radical (unpaired) electrons.